The number of methoxy groups -OCH3 is 1. The van der Waals surface area contributed by atoms with Crippen LogP contribution >= 0.6 is 0 Å². The second kappa shape index (κ2) is 6.08. The average molecular weight is 252 g/mol. The molecule has 1 fully saturated rings. The van der Waals surface area contributed by atoms with Crippen LogP contribution in [0.2, 0.25) is 0 Å². The van der Waals surface area contributed by atoms with Gasteiger partial charge in [0.25, 0.3) is 0 Å². The molecule has 18 heavy (non-hydrogen) atoms. The van der Waals surface area contributed by atoms with Gasteiger partial charge in [-0.05, 0) is 6.92 Å². The molecule has 0 unspecified atom stereocenters. The van der Waals surface area contributed by atoms with Crippen molar-refractivity contribution in [1.82, 2.24) is 14.9 Å². The maximum Gasteiger partial charge on any atom is 0.222 e. The number of rotatable bonds is 5. The van der Waals surface area contributed by atoms with Gasteiger partial charge in [-0.2, -0.15) is 0 Å². The molecular formula is C12H20N4O2. The maximum absolute atomic E-state index is 9.74. The van der Waals surface area contributed by atoms with Gasteiger partial charge in [0, 0.05) is 51.2 Å². The molecule has 2 rings (SSSR count). The monoisotopic (exact) mass is 252 g/mol. The Labute approximate surface area is 107 Å². The smallest absolute Gasteiger partial charge is 0.222 e. The van der Waals surface area contributed by atoms with E-state index < -0.39 is 6.10 Å². The summed E-state index contributed by atoms with van der Waals surface area (Å²) in [6, 6.07) is 0. The quantitative estimate of drug-likeness (QED) is 0.774. The lowest BCUT2D eigenvalue weighted by atomic mass is 10.3. The fourth-order valence-electron chi connectivity index (χ4n) is 2.14. The molecule has 0 radical (unpaired) electrons. The van der Waals surface area contributed by atoms with Crippen LogP contribution in [-0.2, 0) is 11.3 Å². The zero-order valence-corrected chi connectivity index (χ0v) is 10.8. The standard InChI is InChI=1S/C12H20N4O2/c1-3-13-12-14-4-9(5-15-12)6-16-7-10(17)11(8-16)18-2/h4-5,10-11,17H,3,6-8H2,1-2H3,(H,13,14,15)/t10-,11-/m0/s1. The van der Waals surface area contributed by atoms with Gasteiger partial charge in [-0.15, -0.1) is 0 Å². The van der Waals surface area contributed by atoms with Crippen molar-refractivity contribution >= 4 is 5.95 Å². The van der Waals surface area contributed by atoms with E-state index in [1.807, 2.05) is 19.3 Å². The van der Waals surface area contributed by atoms with E-state index in [1.54, 1.807) is 7.11 Å². The van der Waals surface area contributed by atoms with Gasteiger partial charge in [0.2, 0.25) is 5.95 Å². The molecule has 2 N–H and O–H groups in total. The third-order valence-corrected chi connectivity index (χ3v) is 3.06. The van der Waals surface area contributed by atoms with Crippen LogP contribution in [0.3, 0.4) is 0 Å². The lowest BCUT2D eigenvalue weighted by molar-refractivity contribution is 0.0215. The van der Waals surface area contributed by atoms with Gasteiger partial charge < -0.3 is 15.2 Å². The molecule has 2 atom stereocenters. The normalized spacial score (nSPS) is 24.4. The van der Waals surface area contributed by atoms with E-state index in [4.69, 9.17) is 4.74 Å². The Morgan fingerprint density at radius 1 is 1.44 bits per heavy atom. The molecule has 1 aliphatic heterocycles. The fraction of sp³-hybridized carbons (Fsp3) is 0.667. The van der Waals surface area contributed by atoms with Crippen LogP contribution < -0.4 is 5.32 Å². The molecule has 0 aromatic carbocycles. The largest absolute Gasteiger partial charge is 0.389 e. The van der Waals surface area contributed by atoms with E-state index in [1.165, 1.54) is 0 Å². The number of β-amino-alcohol motifs (C(OH)–C–C–N with tert-alkyl or cyclic N) is 1. The summed E-state index contributed by atoms with van der Waals surface area (Å²) in [5, 5.41) is 12.8. The van der Waals surface area contributed by atoms with Crippen LogP contribution in [0.25, 0.3) is 0 Å². The maximum atomic E-state index is 9.74. The first-order valence-electron chi connectivity index (χ1n) is 6.21. The average Bonchev–Trinajstić information content (AvgIpc) is 2.72. The van der Waals surface area contributed by atoms with E-state index >= 15 is 0 Å². The molecule has 6 nitrogen and oxygen atoms in total. The van der Waals surface area contributed by atoms with E-state index in [2.05, 4.69) is 20.2 Å². The number of hydrogen-bond acceptors (Lipinski definition) is 6. The lowest BCUT2D eigenvalue weighted by Crippen LogP contribution is -2.25. The first kappa shape index (κ1) is 13.2. The van der Waals surface area contributed by atoms with Crippen molar-refractivity contribution in [2.45, 2.75) is 25.7 Å². The SMILES string of the molecule is CCNc1ncc(CN2C[C@H](OC)[C@@H](O)C2)cn1. The molecule has 1 aliphatic rings. The summed E-state index contributed by atoms with van der Waals surface area (Å²) in [7, 11) is 1.63. The highest BCUT2D eigenvalue weighted by Crippen LogP contribution is 2.15. The third-order valence-electron chi connectivity index (χ3n) is 3.06. The van der Waals surface area contributed by atoms with Gasteiger partial charge in [0.15, 0.2) is 0 Å². The number of hydrogen-bond donors (Lipinski definition) is 2. The molecule has 2 heterocycles. The number of aliphatic hydroxyl groups is 1. The van der Waals surface area contributed by atoms with Gasteiger partial charge in [-0.1, -0.05) is 0 Å². The lowest BCUT2D eigenvalue weighted by Gasteiger charge is -2.14. The molecule has 0 spiro atoms. The Morgan fingerprint density at radius 2 is 2.17 bits per heavy atom. The zero-order chi connectivity index (χ0) is 13.0. The molecule has 1 aromatic rings. The first-order chi connectivity index (χ1) is 8.72. The van der Waals surface area contributed by atoms with Crippen molar-refractivity contribution in [2.24, 2.45) is 0 Å². The van der Waals surface area contributed by atoms with Gasteiger partial charge in [0.05, 0.1) is 12.2 Å². The Hall–Kier alpha value is -1.24. The van der Waals surface area contributed by atoms with E-state index in [0.29, 0.717) is 12.5 Å². The summed E-state index contributed by atoms with van der Waals surface area (Å²) in [5.41, 5.74) is 1.04. The van der Waals surface area contributed by atoms with Crippen LogP contribution in [0.1, 0.15) is 12.5 Å². The summed E-state index contributed by atoms with van der Waals surface area (Å²) in [5.74, 6) is 0.650. The Balaban J connectivity index is 1.90. The number of aliphatic hydroxyl groups excluding tert-OH is 1. The highest BCUT2D eigenvalue weighted by molar-refractivity contribution is 5.24. The molecule has 0 saturated carbocycles. The van der Waals surface area contributed by atoms with Crippen molar-refractivity contribution in [3.8, 4) is 0 Å². The molecular weight excluding hydrogens is 232 g/mol. The van der Waals surface area contributed by atoms with Crippen molar-refractivity contribution in [3.63, 3.8) is 0 Å². The highest BCUT2D eigenvalue weighted by Gasteiger charge is 2.30. The molecule has 6 heteroatoms. The summed E-state index contributed by atoms with van der Waals surface area (Å²) in [4.78, 5) is 10.6. The second-order valence-corrected chi connectivity index (χ2v) is 4.48. The minimum absolute atomic E-state index is 0.0908. The van der Waals surface area contributed by atoms with Gasteiger partial charge in [0.1, 0.15) is 0 Å². The van der Waals surface area contributed by atoms with Crippen molar-refractivity contribution in [1.29, 1.82) is 0 Å². The predicted molar refractivity (Wildman–Crippen MR) is 68.3 cm³/mol. The first-order valence-corrected chi connectivity index (χ1v) is 6.21. The summed E-state index contributed by atoms with van der Waals surface area (Å²) in [6.07, 6.45) is 3.14. The summed E-state index contributed by atoms with van der Waals surface area (Å²) in [6.45, 7) is 4.93. The predicted octanol–water partition coefficient (Wildman–Crippen LogP) is 0.0999. The minimum Gasteiger partial charge on any atom is -0.389 e. The second-order valence-electron chi connectivity index (χ2n) is 4.48. The topological polar surface area (TPSA) is 70.5 Å². The zero-order valence-electron chi connectivity index (χ0n) is 10.8. The van der Waals surface area contributed by atoms with Gasteiger partial charge >= 0.3 is 0 Å². The molecule has 0 amide bonds. The van der Waals surface area contributed by atoms with E-state index in [9.17, 15) is 5.11 Å². The van der Waals surface area contributed by atoms with Crippen molar-refractivity contribution < 1.29 is 9.84 Å². The van der Waals surface area contributed by atoms with E-state index in [0.717, 1.165) is 25.2 Å². The molecule has 100 valence electrons. The van der Waals surface area contributed by atoms with Crippen LogP contribution in [0.5, 0.6) is 0 Å². The fourth-order valence-corrected chi connectivity index (χ4v) is 2.14. The minimum atomic E-state index is -0.406. The van der Waals surface area contributed by atoms with Crippen LogP contribution in [0.4, 0.5) is 5.95 Å². The Kier molecular flexibility index (Phi) is 4.46. The van der Waals surface area contributed by atoms with Gasteiger partial charge in [-0.3, -0.25) is 4.90 Å². The van der Waals surface area contributed by atoms with Crippen LogP contribution in [0, 0.1) is 0 Å². The molecule has 1 aromatic heterocycles. The number of anilines is 1. The molecule has 1 saturated heterocycles. The molecule has 0 aliphatic carbocycles. The number of likely N-dealkylation sites (tertiary alicyclic amines) is 1. The number of nitrogens with zero attached hydrogens (tertiary/aromatic N) is 3. The number of aromatic nitrogens is 2. The van der Waals surface area contributed by atoms with Crippen LogP contribution in [-0.4, -0.2) is 58.9 Å². The highest BCUT2D eigenvalue weighted by atomic mass is 16.5. The Morgan fingerprint density at radius 3 is 2.72 bits per heavy atom. The Bertz CT molecular complexity index is 371. The van der Waals surface area contributed by atoms with Crippen molar-refractivity contribution in [2.75, 3.05) is 32.1 Å². The summed E-state index contributed by atoms with van der Waals surface area (Å²) < 4.78 is 5.21. The van der Waals surface area contributed by atoms with Crippen LogP contribution in [0.15, 0.2) is 12.4 Å². The van der Waals surface area contributed by atoms with E-state index in [-0.39, 0.29) is 6.10 Å². The van der Waals surface area contributed by atoms with Crippen molar-refractivity contribution in [3.05, 3.63) is 18.0 Å². The molecule has 0 bridgehead atoms. The summed E-state index contributed by atoms with van der Waals surface area (Å²) >= 11 is 0. The van der Waals surface area contributed by atoms with Gasteiger partial charge in [-0.25, -0.2) is 9.97 Å². The number of ether oxygens (including phenoxy) is 1. The third kappa shape index (κ3) is 3.16. The number of nitrogens with one attached hydrogen (secondary N) is 1.